The average Bonchev–Trinajstić information content (AvgIpc) is 3.07. The Labute approximate surface area is 182 Å². The van der Waals surface area contributed by atoms with Gasteiger partial charge in [-0.3, -0.25) is 4.40 Å². The molecule has 0 saturated carbocycles. The van der Waals surface area contributed by atoms with Gasteiger partial charge >= 0.3 is 0 Å². The monoisotopic (exact) mass is 494 g/mol. The minimum absolute atomic E-state index is 0. The van der Waals surface area contributed by atoms with Crippen molar-refractivity contribution < 1.29 is 4.74 Å². The van der Waals surface area contributed by atoms with Crippen LogP contribution in [0.5, 0.6) is 5.75 Å². The van der Waals surface area contributed by atoms with E-state index in [2.05, 4.69) is 38.8 Å². The zero-order valence-electron chi connectivity index (χ0n) is 16.4. The maximum absolute atomic E-state index is 5.96. The Hall–Kier alpha value is -2.36. The second-order valence-corrected chi connectivity index (χ2v) is 6.37. The lowest BCUT2D eigenvalue weighted by Gasteiger charge is -2.18. The van der Waals surface area contributed by atoms with Crippen LogP contribution >= 0.6 is 24.0 Å². The van der Waals surface area contributed by atoms with E-state index >= 15 is 0 Å². The Morgan fingerprint density at radius 1 is 1.18 bits per heavy atom. The molecule has 3 aromatic rings. The van der Waals surface area contributed by atoms with Gasteiger partial charge in [-0.2, -0.15) is 0 Å². The molecule has 0 bridgehead atoms. The summed E-state index contributed by atoms with van der Waals surface area (Å²) in [6.07, 6.45) is 1.95. The lowest BCUT2D eigenvalue weighted by molar-refractivity contribution is 0.223. The predicted octanol–water partition coefficient (Wildman–Crippen LogP) is 3.18. The molecule has 1 atom stereocenters. The highest BCUT2D eigenvalue weighted by Crippen LogP contribution is 2.13. The lowest BCUT2D eigenvalue weighted by Crippen LogP contribution is -2.41. The van der Waals surface area contributed by atoms with Crippen molar-refractivity contribution in [1.82, 2.24) is 25.2 Å². The first-order valence-corrected chi connectivity index (χ1v) is 9.20. The van der Waals surface area contributed by atoms with Gasteiger partial charge in [0.25, 0.3) is 0 Å². The zero-order chi connectivity index (χ0) is 19.1. The van der Waals surface area contributed by atoms with E-state index in [-0.39, 0.29) is 30.1 Å². The van der Waals surface area contributed by atoms with Crippen LogP contribution in [0.15, 0.2) is 53.7 Å². The van der Waals surface area contributed by atoms with E-state index < -0.39 is 0 Å². The van der Waals surface area contributed by atoms with Gasteiger partial charge in [0.2, 0.25) is 0 Å². The van der Waals surface area contributed by atoms with E-state index in [1.807, 2.05) is 60.8 Å². The van der Waals surface area contributed by atoms with Crippen LogP contribution in [0.3, 0.4) is 0 Å². The number of fused-ring (bicyclic) bond motifs is 1. The third-order valence-corrected chi connectivity index (χ3v) is 3.99. The number of hydrogen-bond donors (Lipinski definition) is 2. The molecule has 1 aromatic carbocycles. The van der Waals surface area contributed by atoms with Gasteiger partial charge in [-0.05, 0) is 50.6 Å². The first-order valence-electron chi connectivity index (χ1n) is 9.20. The smallest absolute Gasteiger partial charge is 0.191 e. The van der Waals surface area contributed by atoms with Crippen molar-refractivity contribution in [2.24, 2.45) is 4.99 Å². The fourth-order valence-electron chi connectivity index (χ4n) is 2.69. The topological polar surface area (TPSA) is 75.8 Å². The fraction of sp³-hybridized carbons (Fsp3) is 0.350. The van der Waals surface area contributed by atoms with E-state index in [1.165, 1.54) is 5.56 Å². The van der Waals surface area contributed by atoms with E-state index in [4.69, 9.17) is 4.74 Å². The molecule has 2 aromatic heterocycles. The summed E-state index contributed by atoms with van der Waals surface area (Å²) in [4.78, 5) is 4.61. The maximum Gasteiger partial charge on any atom is 0.191 e. The fourth-order valence-corrected chi connectivity index (χ4v) is 2.69. The number of nitrogens with zero attached hydrogens (tertiary/aromatic N) is 4. The van der Waals surface area contributed by atoms with Gasteiger partial charge in [-0.15, -0.1) is 34.2 Å². The second kappa shape index (κ2) is 10.8. The highest BCUT2D eigenvalue weighted by molar-refractivity contribution is 14.0. The normalized spacial score (nSPS) is 12.3. The van der Waals surface area contributed by atoms with Crippen molar-refractivity contribution in [2.45, 2.75) is 33.4 Å². The molecule has 0 saturated heterocycles. The number of rotatable bonds is 7. The Kier molecular flexibility index (Phi) is 8.49. The first kappa shape index (κ1) is 21.9. The van der Waals surface area contributed by atoms with Gasteiger partial charge in [0.05, 0.1) is 6.54 Å². The van der Waals surface area contributed by atoms with E-state index in [1.54, 1.807) is 0 Å². The SMILES string of the molecule is CCNC(=NCc1nnc2ccccn12)NCC(C)Oc1cccc(C)c1.I. The first-order chi connectivity index (χ1) is 13.2. The Morgan fingerprint density at radius 2 is 2.04 bits per heavy atom. The van der Waals surface area contributed by atoms with Crippen LogP contribution in [0.25, 0.3) is 5.65 Å². The van der Waals surface area contributed by atoms with Gasteiger partial charge in [0.15, 0.2) is 17.4 Å². The number of aryl methyl sites for hydroxylation is 1. The minimum atomic E-state index is 0. The van der Waals surface area contributed by atoms with Gasteiger partial charge in [0, 0.05) is 12.7 Å². The lowest BCUT2D eigenvalue weighted by atomic mass is 10.2. The van der Waals surface area contributed by atoms with Crippen molar-refractivity contribution in [3.8, 4) is 5.75 Å². The van der Waals surface area contributed by atoms with Crippen molar-refractivity contribution in [1.29, 1.82) is 0 Å². The summed E-state index contributed by atoms with van der Waals surface area (Å²) < 4.78 is 7.90. The summed E-state index contributed by atoms with van der Waals surface area (Å²) >= 11 is 0. The standard InChI is InChI=1S/C20H26N6O.HI/c1-4-21-20(22-13-16(3)27-17-9-7-8-15(2)12-17)23-14-19-25-24-18-10-5-6-11-26(18)19;/h5-12,16H,4,13-14H2,1-3H3,(H2,21,22,23);1H. The molecule has 2 N–H and O–H groups in total. The number of aromatic nitrogens is 3. The van der Waals surface area contributed by atoms with Crippen molar-refractivity contribution in [3.63, 3.8) is 0 Å². The molecule has 0 aliphatic heterocycles. The highest BCUT2D eigenvalue weighted by Gasteiger charge is 2.07. The zero-order valence-corrected chi connectivity index (χ0v) is 18.8. The number of halogens is 1. The summed E-state index contributed by atoms with van der Waals surface area (Å²) in [5, 5.41) is 14.9. The largest absolute Gasteiger partial charge is 0.489 e. The molecule has 150 valence electrons. The predicted molar refractivity (Wildman–Crippen MR) is 122 cm³/mol. The molecule has 0 fully saturated rings. The van der Waals surface area contributed by atoms with Crippen LogP contribution in [-0.4, -0.2) is 39.8 Å². The average molecular weight is 494 g/mol. The summed E-state index contributed by atoms with van der Waals surface area (Å²) in [5.74, 6) is 2.40. The summed E-state index contributed by atoms with van der Waals surface area (Å²) in [6, 6.07) is 13.9. The van der Waals surface area contributed by atoms with Gasteiger partial charge in [0.1, 0.15) is 18.4 Å². The summed E-state index contributed by atoms with van der Waals surface area (Å²) in [6.45, 7) is 7.98. The van der Waals surface area contributed by atoms with E-state index in [0.29, 0.717) is 13.1 Å². The molecule has 0 amide bonds. The molecule has 28 heavy (non-hydrogen) atoms. The third-order valence-electron chi connectivity index (χ3n) is 3.99. The molecule has 7 nitrogen and oxygen atoms in total. The van der Waals surface area contributed by atoms with Gasteiger partial charge < -0.3 is 15.4 Å². The van der Waals surface area contributed by atoms with Crippen molar-refractivity contribution in [2.75, 3.05) is 13.1 Å². The quantitative estimate of drug-likeness (QED) is 0.300. The van der Waals surface area contributed by atoms with Gasteiger partial charge in [-0.1, -0.05) is 18.2 Å². The Bertz CT molecular complexity index is 910. The molecular weight excluding hydrogens is 467 g/mol. The number of nitrogens with one attached hydrogen (secondary N) is 2. The summed E-state index contributed by atoms with van der Waals surface area (Å²) in [7, 11) is 0. The molecule has 0 aliphatic carbocycles. The molecule has 0 radical (unpaired) electrons. The second-order valence-electron chi connectivity index (χ2n) is 6.37. The minimum Gasteiger partial charge on any atom is -0.489 e. The maximum atomic E-state index is 5.96. The Morgan fingerprint density at radius 3 is 2.82 bits per heavy atom. The number of hydrogen-bond acceptors (Lipinski definition) is 4. The van der Waals surface area contributed by atoms with Crippen molar-refractivity contribution in [3.05, 3.63) is 60.0 Å². The number of pyridine rings is 1. The van der Waals surface area contributed by atoms with Crippen LogP contribution in [0.1, 0.15) is 25.2 Å². The number of ether oxygens (including phenoxy) is 1. The van der Waals surface area contributed by atoms with Crippen LogP contribution < -0.4 is 15.4 Å². The molecule has 3 rings (SSSR count). The van der Waals surface area contributed by atoms with E-state index in [0.717, 1.165) is 29.7 Å². The van der Waals surface area contributed by atoms with E-state index in [9.17, 15) is 0 Å². The van der Waals surface area contributed by atoms with Gasteiger partial charge in [-0.25, -0.2) is 4.99 Å². The summed E-state index contributed by atoms with van der Waals surface area (Å²) in [5.41, 5.74) is 2.00. The van der Waals surface area contributed by atoms with Crippen molar-refractivity contribution >= 4 is 35.6 Å². The molecule has 8 heteroatoms. The molecule has 2 heterocycles. The van der Waals surface area contributed by atoms with Crippen LogP contribution in [0, 0.1) is 6.92 Å². The molecular formula is C20H27IN6O. The third kappa shape index (κ3) is 6.08. The molecule has 0 spiro atoms. The molecule has 1 unspecified atom stereocenters. The Balaban J connectivity index is 0.00000280. The number of guanidine groups is 1. The number of benzene rings is 1. The molecule has 0 aliphatic rings. The number of aliphatic imine (C=N–C) groups is 1. The van der Waals surface area contributed by atoms with Crippen LogP contribution in [-0.2, 0) is 6.54 Å². The van der Waals surface area contributed by atoms with Crippen LogP contribution in [0.2, 0.25) is 0 Å². The van der Waals surface area contributed by atoms with Crippen LogP contribution in [0.4, 0.5) is 0 Å². The highest BCUT2D eigenvalue weighted by atomic mass is 127.